The fourth-order valence-electron chi connectivity index (χ4n) is 1.27. The molecule has 12 heavy (non-hydrogen) atoms. The van der Waals surface area contributed by atoms with E-state index in [0.717, 1.165) is 17.2 Å². The summed E-state index contributed by atoms with van der Waals surface area (Å²) in [5.41, 5.74) is 2.05. The molecule has 2 aromatic heterocycles. The van der Waals surface area contributed by atoms with Crippen LogP contribution >= 0.6 is 0 Å². The van der Waals surface area contributed by atoms with E-state index in [9.17, 15) is 0 Å². The second-order valence-corrected chi connectivity index (χ2v) is 2.91. The lowest BCUT2D eigenvalue weighted by atomic mass is 10.4. The summed E-state index contributed by atoms with van der Waals surface area (Å²) in [5, 5.41) is 4.20. The number of rotatable bonds is 0. The Kier molecular flexibility index (Phi) is 1.36. The Labute approximate surface area is 70.3 Å². The topological polar surface area (TPSA) is 43.1 Å². The molecule has 0 atom stereocenters. The van der Waals surface area contributed by atoms with Crippen molar-refractivity contribution in [3.05, 3.63) is 23.3 Å². The van der Waals surface area contributed by atoms with Gasteiger partial charge in [-0.2, -0.15) is 10.1 Å². The minimum absolute atomic E-state index is 0.685. The van der Waals surface area contributed by atoms with E-state index in [1.165, 1.54) is 0 Å². The molecule has 0 bridgehead atoms. The molecule has 0 aromatic carbocycles. The molecule has 2 aromatic rings. The van der Waals surface area contributed by atoms with Crippen LogP contribution in [-0.4, -0.2) is 19.6 Å². The molecule has 0 fully saturated rings. The van der Waals surface area contributed by atoms with Gasteiger partial charge in [0.25, 0.3) is 5.78 Å². The van der Waals surface area contributed by atoms with Crippen LogP contribution in [0.3, 0.4) is 0 Å². The summed E-state index contributed by atoms with van der Waals surface area (Å²) < 4.78 is 1.75. The van der Waals surface area contributed by atoms with Crippen LogP contribution in [0.25, 0.3) is 5.78 Å². The molecule has 2 heterocycles. The lowest BCUT2D eigenvalue weighted by Gasteiger charge is -1.97. The quantitative estimate of drug-likeness (QED) is 0.581. The van der Waals surface area contributed by atoms with Gasteiger partial charge < -0.3 is 0 Å². The Morgan fingerprint density at radius 1 is 1.17 bits per heavy atom. The molecule has 0 radical (unpaired) electrons. The summed E-state index contributed by atoms with van der Waals surface area (Å²) >= 11 is 0. The number of nitrogens with zero attached hydrogens (tertiary/aromatic N) is 4. The third kappa shape index (κ3) is 0.958. The Morgan fingerprint density at radius 2 is 1.92 bits per heavy atom. The highest BCUT2D eigenvalue weighted by Gasteiger charge is 2.02. The van der Waals surface area contributed by atoms with Crippen molar-refractivity contribution in [3.8, 4) is 0 Å². The summed E-state index contributed by atoms with van der Waals surface area (Å²) in [7, 11) is 0. The molecule has 0 saturated carbocycles. The van der Waals surface area contributed by atoms with Crippen molar-refractivity contribution in [3.63, 3.8) is 0 Å². The van der Waals surface area contributed by atoms with Gasteiger partial charge in [-0.25, -0.2) is 9.50 Å². The van der Waals surface area contributed by atoms with Crippen molar-refractivity contribution in [2.45, 2.75) is 20.8 Å². The Balaban J connectivity index is 2.88. The second kappa shape index (κ2) is 2.27. The van der Waals surface area contributed by atoms with Gasteiger partial charge in [-0.05, 0) is 26.8 Å². The maximum atomic E-state index is 4.25. The second-order valence-electron chi connectivity index (χ2n) is 2.91. The zero-order valence-electron chi connectivity index (χ0n) is 7.37. The van der Waals surface area contributed by atoms with E-state index >= 15 is 0 Å². The van der Waals surface area contributed by atoms with Crippen LogP contribution < -0.4 is 0 Å². The molecule has 0 aliphatic carbocycles. The van der Waals surface area contributed by atoms with E-state index < -0.39 is 0 Å². The molecule has 2 rings (SSSR count). The number of aromatic nitrogens is 4. The lowest BCUT2D eigenvalue weighted by Crippen LogP contribution is -1.97. The maximum absolute atomic E-state index is 4.25. The van der Waals surface area contributed by atoms with Gasteiger partial charge in [0.1, 0.15) is 5.82 Å². The molecule has 0 aliphatic heterocycles. The van der Waals surface area contributed by atoms with Crippen LogP contribution in [0.1, 0.15) is 17.2 Å². The molecule has 0 amide bonds. The van der Waals surface area contributed by atoms with Gasteiger partial charge in [0, 0.05) is 11.4 Å². The summed E-state index contributed by atoms with van der Waals surface area (Å²) in [6.45, 7) is 5.82. The van der Waals surface area contributed by atoms with Crippen molar-refractivity contribution < 1.29 is 0 Å². The first-order valence-electron chi connectivity index (χ1n) is 3.84. The van der Waals surface area contributed by atoms with E-state index in [2.05, 4.69) is 15.1 Å². The van der Waals surface area contributed by atoms with Gasteiger partial charge in [0.15, 0.2) is 0 Å². The number of fused-ring (bicyclic) bond motifs is 1. The maximum Gasteiger partial charge on any atom is 0.252 e. The van der Waals surface area contributed by atoms with Crippen molar-refractivity contribution in [2.75, 3.05) is 0 Å². The average molecular weight is 162 g/mol. The van der Waals surface area contributed by atoms with Crippen LogP contribution in [0.2, 0.25) is 0 Å². The monoisotopic (exact) mass is 162 g/mol. The highest BCUT2D eigenvalue weighted by atomic mass is 15.3. The third-order valence-electron chi connectivity index (χ3n) is 1.72. The van der Waals surface area contributed by atoms with Crippen LogP contribution in [0.15, 0.2) is 6.07 Å². The standard InChI is InChI=1S/C8H10N4/c1-5-4-6(2)12-8(9-5)10-7(3)11-12/h4H,1-3H3. The van der Waals surface area contributed by atoms with Gasteiger partial charge in [-0.3, -0.25) is 0 Å². The Morgan fingerprint density at radius 3 is 2.67 bits per heavy atom. The van der Waals surface area contributed by atoms with Crippen molar-refractivity contribution in [1.82, 2.24) is 19.6 Å². The first-order valence-corrected chi connectivity index (χ1v) is 3.84. The molecule has 62 valence electrons. The molecule has 0 N–H and O–H groups in total. The van der Waals surface area contributed by atoms with Crippen LogP contribution in [0, 0.1) is 20.8 Å². The fourth-order valence-corrected chi connectivity index (χ4v) is 1.27. The van der Waals surface area contributed by atoms with Crippen LogP contribution in [0.4, 0.5) is 0 Å². The molecule has 4 heteroatoms. The number of hydrogen-bond donors (Lipinski definition) is 0. The van der Waals surface area contributed by atoms with Gasteiger partial charge >= 0.3 is 0 Å². The van der Waals surface area contributed by atoms with Crippen LogP contribution in [0.5, 0.6) is 0 Å². The summed E-state index contributed by atoms with van der Waals surface area (Å²) in [5.74, 6) is 1.45. The summed E-state index contributed by atoms with van der Waals surface area (Å²) in [6.07, 6.45) is 0. The van der Waals surface area contributed by atoms with E-state index in [4.69, 9.17) is 0 Å². The predicted octanol–water partition coefficient (Wildman–Crippen LogP) is 1.05. The zero-order valence-corrected chi connectivity index (χ0v) is 7.37. The van der Waals surface area contributed by atoms with E-state index in [0.29, 0.717) is 5.78 Å². The molecular formula is C8H10N4. The summed E-state index contributed by atoms with van der Waals surface area (Å²) in [6, 6.07) is 1.99. The van der Waals surface area contributed by atoms with Gasteiger partial charge in [-0.1, -0.05) is 0 Å². The molecule has 4 nitrogen and oxygen atoms in total. The Bertz CT molecular complexity index is 430. The first kappa shape index (κ1) is 7.21. The molecule has 0 spiro atoms. The minimum Gasteiger partial charge on any atom is -0.216 e. The van der Waals surface area contributed by atoms with E-state index in [-0.39, 0.29) is 0 Å². The van der Waals surface area contributed by atoms with Gasteiger partial charge in [0.05, 0.1) is 0 Å². The summed E-state index contributed by atoms with van der Waals surface area (Å²) in [4.78, 5) is 8.42. The van der Waals surface area contributed by atoms with Crippen molar-refractivity contribution >= 4 is 5.78 Å². The molecule has 0 unspecified atom stereocenters. The third-order valence-corrected chi connectivity index (χ3v) is 1.72. The highest BCUT2D eigenvalue weighted by molar-refractivity contribution is 5.30. The van der Waals surface area contributed by atoms with E-state index in [1.54, 1.807) is 4.52 Å². The predicted molar refractivity (Wildman–Crippen MR) is 45.0 cm³/mol. The van der Waals surface area contributed by atoms with Crippen molar-refractivity contribution in [1.29, 1.82) is 0 Å². The Hall–Kier alpha value is -1.45. The largest absolute Gasteiger partial charge is 0.252 e. The lowest BCUT2D eigenvalue weighted by molar-refractivity contribution is 0.870. The van der Waals surface area contributed by atoms with Gasteiger partial charge in [-0.15, -0.1) is 0 Å². The molecule has 0 aliphatic rings. The smallest absolute Gasteiger partial charge is 0.216 e. The highest BCUT2D eigenvalue weighted by Crippen LogP contribution is 2.03. The number of aryl methyl sites for hydroxylation is 3. The average Bonchev–Trinajstić information content (AvgIpc) is 2.29. The minimum atomic E-state index is 0.685. The zero-order chi connectivity index (χ0) is 8.72. The first-order chi connectivity index (χ1) is 5.66. The molecule has 0 saturated heterocycles. The SMILES string of the molecule is Cc1cc(C)n2nc(C)nc2n1. The molecular weight excluding hydrogens is 152 g/mol. The number of hydrogen-bond acceptors (Lipinski definition) is 3. The normalized spacial score (nSPS) is 10.9. The van der Waals surface area contributed by atoms with Gasteiger partial charge in [0.2, 0.25) is 0 Å². The van der Waals surface area contributed by atoms with Crippen LogP contribution in [-0.2, 0) is 0 Å². The van der Waals surface area contributed by atoms with Crippen molar-refractivity contribution in [2.24, 2.45) is 0 Å². The fraction of sp³-hybridized carbons (Fsp3) is 0.375. The van der Waals surface area contributed by atoms with E-state index in [1.807, 2.05) is 26.8 Å².